The number of ketones is 1. The summed E-state index contributed by atoms with van der Waals surface area (Å²) in [5.41, 5.74) is -1.04. The molecule has 0 N–H and O–H groups in total. The van der Waals surface area contributed by atoms with Crippen LogP contribution in [-0.2, 0) is 17.5 Å². The number of hydrogen-bond acceptors (Lipinski definition) is 5. The lowest BCUT2D eigenvalue weighted by molar-refractivity contribution is -0.137. The van der Waals surface area contributed by atoms with Crippen molar-refractivity contribution in [3.05, 3.63) is 64.4 Å². The Morgan fingerprint density at radius 3 is 2.44 bits per heavy atom. The van der Waals surface area contributed by atoms with E-state index in [1.54, 1.807) is 20.8 Å². The second-order valence-electron chi connectivity index (χ2n) is 9.24. The van der Waals surface area contributed by atoms with Gasteiger partial charge in [-0.3, -0.25) is 9.69 Å². The molecule has 2 heterocycles. The van der Waals surface area contributed by atoms with E-state index in [-0.39, 0.29) is 17.1 Å². The second-order valence-corrected chi connectivity index (χ2v) is 9.59. The summed E-state index contributed by atoms with van der Waals surface area (Å²) in [6, 6.07) is 9.83. The van der Waals surface area contributed by atoms with Crippen LogP contribution in [0.4, 0.5) is 18.0 Å². The number of nitrogens with zero attached hydrogens (tertiary/aromatic N) is 3. The number of halogens is 4. The van der Waals surface area contributed by atoms with Gasteiger partial charge in [0.1, 0.15) is 10.8 Å². The quantitative estimate of drug-likeness (QED) is 0.406. The summed E-state index contributed by atoms with van der Waals surface area (Å²) in [6.07, 6.45) is -4.86. The number of benzene rings is 1. The molecule has 6 nitrogen and oxygen atoms in total. The Balaban J connectivity index is 1.83. The number of piperazine rings is 1. The monoisotopic (exact) mass is 497 g/mol. The van der Waals surface area contributed by atoms with E-state index in [2.05, 4.69) is 9.88 Å². The molecule has 0 radical (unpaired) electrons. The van der Waals surface area contributed by atoms with Crippen LogP contribution in [0.5, 0.6) is 0 Å². The van der Waals surface area contributed by atoms with Gasteiger partial charge in [-0.2, -0.15) is 13.2 Å². The number of carbonyl (C=O) groups excluding carboxylic acids is 2. The van der Waals surface area contributed by atoms with E-state index < -0.39 is 35.3 Å². The van der Waals surface area contributed by atoms with Gasteiger partial charge in [-0.1, -0.05) is 41.9 Å². The summed E-state index contributed by atoms with van der Waals surface area (Å²) in [6.45, 7) is 7.06. The van der Waals surface area contributed by atoms with Crippen molar-refractivity contribution in [1.82, 2.24) is 14.8 Å². The molecule has 1 amide bonds. The molecule has 0 spiro atoms. The first-order valence-corrected chi connectivity index (χ1v) is 11.2. The van der Waals surface area contributed by atoms with E-state index in [1.807, 2.05) is 30.3 Å². The largest absolute Gasteiger partial charge is 0.444 e. The zero-order valence-electron chi connectivity index (χ0n) is 19.2. The zero-order valence-corrected chi connectivity index (χ0v) is 20.0. The lowest BCUT2D eigenvalue weighted by Crippen LogP contribution is -2.56. The smallest absolute Gasteiger partial charge is 0.417 e. The number of pyridine rings is 1. The number of rotatable bonds is 5. The molecule has 34 heavy (non-hydrogen) atoms. The highest BCUT2D eigenvalue weighted by molar-refractivity contribution is 6.32. The highest BCUT2D eigenvalue weighted by atomic mass is 35.5. The Morgan fingerprint density at radius 2 is 1.82 bits per heavy atom. The molecule has 2 aromatic rings. The topological polar surface area (TPSA) is 62.7 Å². The summed E-state index contributed by atoms with van der Waals surface area (Å²) >= 11 is 5.97. The molecule has 0 saturated carbocycles. The van der Waals surface area contributed by atoms with Crippen molar-refractivity contribution in [3.63, 3.8) is 0 Å². The highest BCUT2D eigenvalue weighted by Crippen LogP contribution is 2.31. The molecule has 0 aliphatic carbocycles. The Hall–Kier alpha value is -2.65. The Kier molecular flexibility index (Phi) is 7.88. The van der Waals surface area contributed by atoms with Gasteiger partial charge >= 0.3 is 12.3 Å². The first-order chi connectivity index (χ1) is 15.8. The molecule has 10 heteroatoms. The third-order valence-electron chi connectivity index (χ3n) is 5.33. The van der Waals surface area contributed by atoms with E-state index in [1.165, 1.54) is 4.90 Å². The molecular formula is C24H27ClF3N3O3. The average Bonchev–Trinajstić information content (AvgIpc) is 2.72. The fourth-order valence-corrected chi connectivity index (χ4v) is 3.97. The second kappa shape index (κ2) is 10.3. The van der Waals surface area contributed by atoms with Crippen molar-refractivity contribution in [2.24, 2.45) is 0 Å². The maximum atomic E-state index is 13.1. The van der Waals surface area contributed by atoms with Crippen molar-refractivity contribution in [2.75, 3.05) is 19.6 Å². The third-order valence-corrected chi connectivity index (χ3v) is 5.63. The standard InChI is InChI=1S/C24H27ClF3N3O3/c1-23(2,3)34-22(33)31-10-9-30(14-16-7-5-4-6-8-16)15-18(31)12-20(32)19-11-17(24(26,27)28)13-29-21(19)25/h4-8,11,13,18H,9-10,12,14-15H2,1-3H3. The zero-order chi connectivity index (χ0) is 25.1. The van der Waals surface area contributed by atoms with Gasteiger partial charge in [0.15, 0.2) is 5.78 Å². The minimum absolute atomic E-state index is 0.215. The van der Waals surface area contributed by atoms with E-state index in [0.717, 1.165) is 5.56 Å². The summed E-state index contributed by atoms with van der Waals surface area (Å²) in [5, 5.41) is -0.307. The Labute approximate surface area is 201 Å². The number of ether oxygens (including phenoxy) is 1. The third kappa shape index (κ3) is 6.93. The van der Waals surface area contributed by atoms with E-state index in [4.69, 9.17) is 16.3 Å². The minimum atomic E-state index is -4.66. The molecule has 1 aromatic carbocycles. The summed E-state index contributed by atoms with van der Waals surface area (Å²) < 4.78 is 44.9. The van der Waals surface area contributed by atoms with Crippen LogP contribution >= 0.6 is 11.6 Å². The van der Waals surface area contributed by atoms with Gasteiger partial charge in [-0.15, -0.1) is 0 Å². The average molecular weight is 498 g/mol. The molecule has 1 fully saturated rings. The first kappa shape index (κ1) is 26.0. The lowest BCUT2D eigenvalue weighted by atomic mass is 10.0. The molecule has 1 atom stereocenters. The predicted octanol–water partition coefficient (Wildman–Crippen LogP) is 5.45. The van der Waals surface area contributed by atoms with E-state index in [9.17, 15) is 22.8 Å². The van der Waals surface area contributed by atoms with Gasteiger partial charge in [0.05, 0.1) is 17.2 Å². The Morgan fingerprint density at radius 1 is 1.15 bits per heavy atom. The molecule has 1 saturated heterocycles. The molecular weight excluding hydrogens is 471 g/mol. The van der Waals surface area contributed by atoms with Gasteiger partial charge in [0.25, 0.3) is 0 Å². The summed E-state index contributed by atoms with van der Waals surface area (Å²) in [4.78, 5) is 33.0. The van der Waals surface area contributed by atoms with Crippen LogP contribution < -0.4 is 0 Å². The number of Topliss-reactive ketones (excluding diaryl/α,β-unsaturated/α-hetero) is 1. The van der Waals surface area contributed by atoms with E-state index >= 15 is 0 Å². The maximum Gasteiger partial charge on any atom is 0.417 e. The lowest BCUT2D eigenvalue weighted by Gasteiger charge is -2.41. The normalized spacial score (nSPS) is 17.5. The maximum absolute atomic E-state index is 13.1. The Bertz CT molecular complexity index is 1030. The number of amides is 1. The first-order valence-electron chi connectivity index (χ1n) is 10.9. The number of carbonyl (C=O) groups is 2. The fourth-order valence-electron chi connectivity index (χ4n) is 3.76. The van der Waals surface area contributed by atoms with E-state index in [0.29, 0.717) is 38.4 Å². The molecule has 1 aromatic heterocycles. The van der Waals surface area contributed by atoms with Crippen LogP contribution in [0, 0.1) is 0 Å². The van der Waals surface area contributed by atoms with Crippen LogP contribution in [0.25, 0.3) is 0 Å². The van der Waals surface area contributed by atoms with Crippen LogP contribution in [0.1, 0.15) is 48.7 Å². The SMILES string of the molecule is CC(C)(C)OC(=O)N1CCN(Cc2ccccc2)CC1CC(=O)c1cc(C(F)(F)F)cnc1Cl. The van der Waals surface area contributed by atoms with Gasteiger partial charge < -0.3 is 9.64 Å². The van der Waals surface area contributed by atoms with Crippen LogP contribution in [0.2, 0.25) is 5.15 Å². The fraction of sp³-hybridized carbons (Fsp3) is 0.458. The van der Waals surface area contributed by atoms with Crippen molar-refractivity contribution in [2.45, 2.75) is 51.6 Å². The molecule has 1 aliphatic heterocycles. The van der Waals surface area contributed by atoms with Gasteiger partial charge in [-0.25, -0.2) is 9.78 Å². The summed E-state index contributed by atoms with van der Waals surface area (Å²) in [7, 11) is 0. The predicted molar refractivity (Wildman–Crippen MR) is 122 cm³/mol. The number of hydrogen-bond donors (Lipinski definition) is 0. The van der Waals surface area contributed by atoms with Gasteiger partial charge in [0.2, 0.25) is 0 Å². The van der Waals surface area contributed by atoms with Crippen LogP contribution in [-0.4, -0.2) is 57.9 Å². The summed E-state index contributed by atoms with van der Waals surface area (Å²) in [5.74, 6) is -0.622. The van der Waals surface area contributed by atoms with Crippen molar-refractivity contribution in [1.29, 1.82) is 0 Å². The van der Waals surface area contributed by atoms with Crippen LogP contribution in [0.15, 0.2) is 42.6 Å². The molecule has 1 unspecified atom stereocenters. The van der Waals surface area contributed by atoms with Crippen molar-refractivity contribution >= 4 is 23.5 Å². The number of aromatic nitrogens is 1. The molecule has 0 bridgehead atoms. The molecule has 1 aliphatic rings. The van der Waals surface area contributed by atoms with Crippen LogP contribution in [0.3, 0.4) is 0 Å². The van der Waals surface area contributed by atoms with Gasteiger partial charge in [-0.05, 0) is 32.4 Å². The molecule has 3 rings (SSSR count). The highest BCUT2D eigenvalue weighted by Gasteiger charge is 2.36. The minimum Gasteiger partial charge on any atom is -0.444 e. The van der Waals surface area contributed by atoms with Gasteiger partial charge in [0, 0.05) is 38.8 Å². The van der Waals surface area contributed by atoms with Crippen molar-refractivity contribution < 1.29 is 27.5 Å². The van der Waals surface area contributed by atoms with Crippen molar-refractivity contribution in [3.8, 4) is 0 Å². The molecule has 184 valence electrons. The number of alkyl halides is 3.